The fraction of sp³-hybridized carbons (Fsp3) is 0.333. The smallest absolute Gasteiger partial charge is 0.124 e. The molecule has 1 atom stereocenters. The highest BCUT2D eigenvalue weighted by atomic mass is 16.5. The van der Waals surface area contributed by atoms with Gasteiger partial charge in [-0.2, -0.15) is 0 Å². The van der Waals surface area contributed by atoms with Gasteiger partial charge in [0.05, 0.1) is 13.2 Å². The van der Waals surface area contributed by atoms with E-state index in [9.17, 15) is 5.11 Å². The van der Waals surface area contributed by atoms with E-state index >= 15 is 0 Å². The lowest BCUT2D eigenvalue weighted by Crippen LogP contribution is -2.05. The van der Waals surface area contributed by atoms with Crippen LogP contribution < -0.4 is 4.74 Å². The van der Waals surface area contributed by atoms with Crippen LogP contribution in [-0.2, 0) is 6.42 Å². The van der Waals surface area contributed by atoms with Crippen molar-refractivity contribution >= 4 is 0 Å². The highest BCUT2D eigenvalue weighted by molar-refractivity contribution is 5.39. The van der Waals surface area contributed by atoms with E-state index in [0.717, 1.165) is 22.4 Å². The summed E-state index contributed by atoms with van der Waals surface area (Å²) in [5, 5.41) is 10.5. The number of benzene rings is 2. The molecule has 0 radical (unpaired) electrons. The molecule has 0 fully saturated rings. The first-order valence-corrected chi connectivity index (χ1v) is 6.89. The number of ether oxygens (including phenoxy) is 1. The van der Waals surface area contributed by atoms with Crippen molar-refractivity contribution in [3.05, 3.63) is 64.2 Å². The van der Waals surface area contributed by atoms with Crippen molar-refractivity contribution in [2.45, 2.75) is 33.3 Å². The molecule has 0 saturated carbocycles. The van der Waals surface area contributed by atoms with Crippen LogP contribution in [0.25, 0.3) is 0 Å². The van der Waals surface area contributed by atoms with Crippen molar-refractivity contribution < 1.29 is 9.84 Å². The SMILES string of the molecule is COc1cc(C)ccc1C(O)Cc1cc(C)cc(C)c1. The van der Waals surface area contributed by atoms with Crippen LogP contribution in [0.1, 0.15) is 33.9 Å². The van der Waals surface area contributed by atoms with Crippen LogP contribution in [0.15, 0.2) is 36.4 Å². The number of aliphatic hydroxyl groups is 1. The molecule has 2 heteroatoms. The van der Waals surface area contributed by atoms with Gasteiger partial charge in [0.1, 0.15) is 5.75 Å². The third kappa shape index (κ3) is 3.40. The fourth-order valence-corrected chi connectivity index (χ4v) is 2.61. The quantitative estimate of drug-likeness (QED) is 0.913. The van der Waals surface area contributed by atoms with Crippen molar-refractivity contribution in [1.82, 2.24) is 0 Å². The molecule has 1 unspecified atom stereocenters. The molecular weight excluding hydrogens is 248 g/mol. The van der Waals surface area contributed by atoms with Crippen LogP contribution in [0, 0.1) is 20.8 Å². The van der Waals surface area contributed by atoms with Crippen molar-refractivity contribution in [2.24, 2.45) is 0 Å². The fourth-order valence-electron chi connectivity index (χ4n) is 2.61. The summed E-state index contributed by atoms with van der Waals surface area (Å²) in [7, 11) is 1.64. The van der Waals surface area contributed by atoms with Crippen molar-refractivity contribution in [3.8, 4) is 5.75 Å². The van der Waals surface area contributed by atoms with E-state index < -0.39 is 6.10 Å². The molecule has 20 heavy (non-hydrogen) atoms. The van der Waals surface area contributed by atoms with Gasteiger partial charge in [0.2, 0.25) is 0 Å². The van der Waals surface area contributed by atoms with E-state index in [1.165, 1.54) is 11.1 Å². The zero-order valence-electron chi connectivity index (χ0n) is 12.6. The normalized spacial score (nSPS) is 12.2. The Morgan fingerprint density at radius 3 is 2.20 bits per heavy atom. The second kappa shape index (κ2) is 6.10. The van der Waals surface area contributed by atoms with E-state index in [0.29, 0.717) is 6.42 Å². The summed E-state index contributed by atoms with van der Waals surface area (Å²) in [6.45, 7) is 6.17. The lowest BCUT2D eigenvalue weighted by atomic mass is 9.97. The molecule has 1 N–H and O–H groups in total. The predicted octanol–water partition coefficient (Wildman–Crippen LogP) is 3.90. The Morgan fingerprint density at radius 2 is 1.60 bits per heavy atom. The van der Waals surface area contributed by atoms with Crippen LogP contribution in [0.4, 0.5) is 0 Å². The monoisotopic (exact) mass is 270 g/mol. The van der Waals surface area contributed by atoms with Crippen LogP contribution in [0.2, 0.25) is 0 Å². The Bertz CT molecular complexity index is 582. The summed E-state index contributed by atoms with van der Waals surface area (Å²) < 4.78 is 5.37. The molecule has 0 aliphatic heterocycles. The summed E-state index contributed by atoms with van der Waals surface area (Å²) in [5.74, 6) is 0.752. The average molecular weight is 270 g/mol. The third-order valence-electron chi connectivity index (χ3n) is 3.46. The first kappa shape index (κ1) is 14.6. The Labute approximate surface area is 121 Å². The predicted molar refractivity (Wildman–Crippen MR) is 82.3 cm³/mol. The Balaban J connectivity index is 2.25. The summed E-state index contributed by atoms with van der Waals surface area (Å²) in [4.78, 5) is 0. The van der Waals surface area contributed by atoms with Gasteiger partial charge in [0.25, 0.3) is 0 Å². The van der Waals surface area contributed by atoms with Crippen LogP contribution in [-0.4, -0.2) is 12.2 Å². The second-order valence-electron chi connectivity index (χ2n) is 5.46. The maximum absolute atomic E-state index is 10.5. The van der Waals surface area contributed by atoms with Gasteiger partial charge >= 0.3 is 0 Å². The minimum Gasteiger partial charge on any atom is -0.496 e. The van der Waals surface area contributed by atoms with Crippen LogP contribution >= 0.6 is 0 Å². The van der Waals surface area contributed by atoms with Crippen molar-refractivity contribution in [1.29, 1.82) is 0 Å². The van der Waals surface area contributed by atoms with E-state index in [1.54, 1.807) is 7.11 Å². The molecule has 2 nitrogen and oxygen atoms in total. The van der Waals surface area contributed by atoms with Gasteiger partial charge in [-0.1, -0.05) is 41.5 Å². The molecule has 0 heterocycles. The first-order chi connectivity index (χ1) is 9.49. The zero-order chi connectivity index (χ0) is 14.7. The number of hydrogen-bond acceptors (Lipinski definition) is 2. The lowest BCUT2D eigenvalue weighted by molar-refractivity contribution is 0.174. The summed E-state index contributed by atoms with van der Waals surface area (Å²) >= 11 is 0. The third-order valence-corrected chi connectivity index (χ3v) is 3.46. The summed E-state index contributed by atoms with van der Waals surface area (Å²) in [6, 6.07) is 12.3. The Kier molecular flexibility index (Phi) is 4.46. The molecule has 0 aliphatic rings. The van der Waals surface area contributed by atoms with E-state index in [4.69, 9.17) is 4.74 Å². The molecule has 0 saturated heterocycles. The molecule has 0 spiro atoms. The summed E-state index contributed by atoms with van der Waals surface area (Å²) in [6.07, 6.45) is 0.0498. The molecule has 0 aromatic heterocycles. The summed E-state index contributed by atoms with van der Waals surface area (Å²) in [5.41, 5.74) is 5.57. The second-order valence-corrected chi connectivity index (χ2v) is 5.46. The molecule has 2 rings (SSSR count). The average Bonchev–Trinajstić information content (AvgIpc) is 2.37. The largest absolute Gasteiger partial charge is 0.496 e. The van der Waals surface area contributed by atoms with Gasteiger partial charge in [-0.3, -0.25) is 0 Å². The number of rotatable bonds is 4. The van der Waals surface area contributed by atoms with Crippen molar-refractivity contribution in [2.75, 3.05) is 7.11 Å². The van der Waals surface area contributed by atoms with Gasteiger partial charge in [-0.25, -0.2) is 0 Å². The molecule has 0 bridgehead atoms. The van der Waals surface area contributed by atoms with Gasteiger partial charge in [0.15, 0.2) is 0 Å². The molecule has 0 amide bonds. The highest BCUT2D eigenvalue weighted by Gasteiger charge is 2.14. The van der Waals surface area contributed by atoms with E-state index in [2.05, 4.69) is 32.0 Å². The first-order valence-electron chi connectivity index (χ1n) is 6.89. The van der Waals surface area contributed by atoms with E-state index in [1.807, 2.05) is 25.1 Å². The Morgan fingerprint density at radius 1 is 0.950 bits per heavy atom. The standard InChI is InChI=1S/C18H22O2/c1-12-5-6-16(18(10-12)20-4)17(19)11-15-8-13(2)7-14(3)9-15/h5-10,17,19H,11H2,1-4H3. The Hall–Kier alpha value is -1.80. The molecule has 106 valence electrons. The maximum atomic E-state index is 10.5. The van der Waals surface area contributed by atoms with Crippen LogP contribution in [0.3, 0.4) is 0 Å². The van der Waals surface area contributed by atoms with Gasteiger partial charge < -0.3 is 9.84 Å². The molecule has 0 aliphatic carbocycles. The van der Waals surface area contributed by atoms with Gasteiger partial charge in [-0.15, -0.1) is 0 Å². The minimum atomic E-state index is -0.549. The molecular formula is C18H22O2. The van der Waals surface area contributed by atoms with Gasteiger partial charge in [0, 0.05) is 12.0 Å². The highest BCUT2D eigenvalue weighted by Crippen LogP contribution is 2.29. The topological polar surface area (TPSA) is 29.5 Å². The number of methoxy groups -OCH3 is 1. The van der Waals surface area contributed by atoms with E-state index in [-0.39, 0.29) is 0 Å². The number of aryl methyl sites for hydroxylation is 3. The number of aliphatic hydroxyl groups excluding tert-OH is 1. The number of hydrogen-bond donors (Lipinski definition) is 1. The zero-order valence-corrected chi connectivity index (χ0v) is 12.6. The van der Waals surface area contributed by atoms with Crippen LogP contribution in [0.5, 0.6) is 5.75 Å². The minimum absolute atomic E-state index is 0.549. The molecule has 2 aromatic rings. The molecule has 2 aromatic carbocycles. The van der Waals surface area contributed by atoms with Crippen molar-refractivity contribution in [3.63, 3.8) is 0 Å². The maximum Gasteiger partial charge on any atom is 0.124 e. The van der Waals surface area contributed by atoms with Gasteiger partial charge in [-0.05, 0) is 38.0 Å². The lowest BCUT2D eigenvalue weighted by Gasteiger charge is -2.16.